The van der Waals surface area contributed by atoms with Gasteiger partial charge < -0.3 is 0 Å². The second-order valence-corrected chi connectivity index (χ2v) is 9.24. The molecule has 4 rings (SSSR count). The van der Waals surface area contributed by atoms with Gasteiger partial charge >= 0.3 is 0 Å². The molecule has 5 heteroatoms. The first kappa shape index (κ1) is 19.4. The first-order valence-corrected chi connectivity index (χ1v) is 11.1. The number of amides is 1. The number of rotatable bonds is 5. The molecule has 3 aromatic carbocycles. The number of carbonyl (C=O) groups is 1. The van der Waals surface area contributed by atoms with Gasteiger partial charge in [-0.05, 0) is 36.6 Å². The van der Waals surface area contributed by atoms with Crippen molar-refractivity contribution in [3.05, 3.63) is 102 Å². The molecule has 0 spiro atoms. The van der Waals surface area contributed by atoms with Crippen LogP contribution < -0.4 is 0 Å². The molecule has 1 heterocycles. The maximum atomic E-state index is 13.5. The highest BCUT2D eigenvalue weighted by Gasteiger charge is 2.65. The Morgan fingerprint density at radius 1 is 0.862 bits per heavy atom. The van der Waals surface area contributed by atoms with Crippen molar-refractivity contribution in [1.29, 1.82) is 0 Å². The van der Waals surface area contributed by atoms with Crippen molar-refractivity contribution in [2.24, 2.45) is 0 Å². The van der Waals surface area contributed by atoms with Crippen LogP contribution in [0.4, 0.5) is 0 Å². The van der Waals surface area contributed by atoms with E-state index in [0.717, 1.165) is 21.0 Å². The summed E-state index contributed by atoms with van der Waals surface area (Å²) in [4.78, 5) is 13.7. The van der Waals surface area contributed by atoms with Gasteiger partial charge in [-0.2, -0.15) is 0 Å². The first-order valence-electron chi connectivity index (χ1n) is 9.69. The third-order valence-corrected chi connectivity index (χ3v) is 7.59. The van der Waals surface area contributed by atoms with Gasteiger partial charge in [0.15, 0.2) is 0 Å². The number of aryl methyl sites for hydroxylation is 1. The van der Waals surface area contributed by atoms with E-state index >= 15 is 0 Å². The Morgan fingerprint density at radius 3 is 1.97 bits per heavy atom. The summed E-state index contributed by atoms with van der Waals surface area (Å²) in [7, 11) is -3.97. The molecule has 4 nitrogen and oxygen atoms in total. The summed E-state index contributed by atoms with van der Waals surface area (Å²) in [5.74, 6) is -0.374. The molecular formula is C24H23NO3S. The van der Waals surface area contributed by atoms with Crippen LogP contribution in [0.25, 0.3) is 0 Å². The highest BCUT2D eigenvalue weighted by atomic mass is 32.2. The largest absolute Gasteiger partial charge is 0.273 e. The Balaban J connectivity index is 1.89. The summed E-state index contributed by atoms with van der Waals surface area (Å²) in [6.45, 7) is 3.84. The number of benzene rings is 3. The number of hydrogen-bond acceptors (Lipinski definition) is 3. The fourth-order valence-corrected chi connectivity index (χ4v) is 5.93. The van der Waals surface area contributed by atoms with Crippen LogP contribution in [-0.4, -0.2) is 18.6 Å². The molecule has 0 aromatic heterocycles. The van der Waals surface area contributed by atoms with Gasteiger partial charge in [-0.3, -0.25) is 4.79 Å². The molecule has 0 saturated carbocycles. The molecule has 3 aromatic rings. The minimum Gasteiger partial charge on any atom is -0.273 e. The van der Waals surface area contributed by atoms with Crippen molar-refractivity contribution in [1.82, 2.24) is 4.31 Å². The molecule has 1 aliphatic heterocycles. The van der Waals surface area contributed by atoms with Gasteiger partial charge in [-0.1, -0.05) is 85.3 Å². The zero-order chi connectivity index (χ0) is 20.6. The Bertz CT molecular complexity index is 1130. The molecule has 0 bridgehead atoms. The van der Waals surface area contributed by atoms with Crippen molar-refractivity contribution >= 4 is 15.9 Å². The predicted molar refractivity (Wildman–Crippen MR) is 113 cm³/mol. The SMILES string of the molecule is CC[C@@]1(c2ccccc2)C(=O)N(S(=O)(=O)c2ccc(C)cc2)C1c1ccccc1. The highest BCUT2D eigenvalue weighted by Crippen LogP contribution is 2.55. The fourth-order valence-electron chi connectivity index (χ4n) is 4.26. The van der Waals surface area contributed by atoms with Crippen molar-refractivity contribution in [3.8, 4) is 0 Å². The van der Waals surface area contributed by atoms with E-state index in [4.69, 9.17) is 0 Å². The van der Waals surface area contributed by atoms with Gasteiger partial charge in [0.1, 0.15) is 5.41 Å². The van der Waals surface area contributed by atoms with E-state index in [1.807, 2.05) is 74.5 Å². The zero-order valence-electron chi connectivity index (χ0n) is 16.4. The predicted octanol–water partition coefficient (Wildman–Crippen LogP) is 4.62. The van der Waals surface area contributed by atoms with Crippen molar-refractivity contribution < 1.29 is 13.2 Å². The minimum absolute atomic E-state index is 0.134. The lowest BCUT2D eigenvalue weighted by molar-refractivity contribution is -0.151. The first-order chi connectivity index (χ1) is 13.9. The maximum absolute atomic E-state index is 13.5. The quantitative estimate of drug-likeness (QED) is 0.582. The molecular weight excluding hydrogens is 382 g/mol. The van der Waals surface area contributed by atoms with Crippen molar-refractivity contribution in [3.63, 3.8) is 0 Å². The van der Waals surface area contributed by atoms with E-state index in [2.05, 4.69) is 0 Å². The third kappa shape index (κ3) is 2.88. The summed E-state index contributed by atoms with van der Waals surface area (Å²) >= 11 is 0. The van der Waals surface area contributed by atoms with Gasteiger partial charge in [0, 0.05) is 0 Å². The topological polar surface area (TPSA) is 54.5 Å². The number of carbonyl (C=O) groups excluding carboxylic acids is 1. The smallest absolute Gasteiger partial charge is 0.267 e. The van der Waals surface area contributed by atoms with Gasteiger partial charge in [0.25, 0.3) is 10.0 Å². The number of nitrogens with zero attached hydrogens (tertiary/aromatic N) is 1. The monoisotopic (exact) mass is 405 g/mol. The highest BCUT2D eigenvalue weighted by molar-refractivity contribution is 7.89. The van der Waals surface area contributed by atoms with E-state index in [9.17, 15) is 13.2 Å². The second-order valence-electron chi connectivity index (χ2n) is 7.42. The summed E-state index contributed by atoms with van der Waals surface area (Å²) < 4.78 is 28.0. The average Bonchev–Trinajstić information content (AvgIpc) is 2.74. The summed E-state index contributed by atoms with van der Waals surface area (Å²) in [5.41, 5.74) is 1.72. The molecule has 2 atom stereocenters. The van der Waals surface area contributed by atoms with E-state index in [0.29, 0.717) is 6.42 Å². The van der Waals surface area contributed by atoms with Crippen molar-refractivity contribution in [2.45, 2.75) is 36.6 Å². The fraction of sp³-hybridized carbons (Fsp3) is 0.208. The second kappa shape index (κ2) is 7.16. The Kier molecular flexibility index (Phi) is 4.79. The van der Waals surface area contributed by atoms with E-state index in [1.54, 1.807) is 24.3 Å². The molecule has 0 aliphatic carbocycles. The van der Waals surface area contributed by atoms with E-state index < -0.39 is 21.5 Å². The van der Waals surface area contributed by atoms with Crippen LogP contribution >= 0.6 is 0 Å². The van der Waals surface area contributed by atoms with Gasteiger partial charge in [-0.15, -0.1) is 0 Å². The number of β-lactam (4-membered cyclic amide) rings is 1. The summed E-state index contributed by atoms with van der Waals surface area (Å²) in [6.07, 6.45) is 0.509. The molecule has 1 saturated heterocycles. The third-order valence-electron chi connectivity index (χ3n) is 5.82. The van der Waals surface area contributed by atoms with Gasteiger partial charge in [-0.25, -0.2) is 12.7 Å². The lowest BCUT2D eigenvalue weighted by Crippen LogP contribution is -2.67. The van der Waals surface area contributed by atoms with Gasteiger partial charge in [0.2, 0.25) is 5.91 Å². The van der Waals surface area contributed by atoms with Crippen LogP contribution in [0.2, 0.25) is 0 Å². The summed E-state index contributed by atoms with van der Waals surface area (Å²) in [5, 5.41) is 0. The minimum atomic E-state index is -3.97. The zero-order valence-corrected chi connectivity index (χ0v) is 17.3. The molecule has 1 unspecified atom stereocenters. The lowest BCUT2D eigenvalue weighted by Gasteiger charge is -2.55. The van der Waals surface area contributed by atoms with Crippen LogP contribution in [0, 0.1) is 6.92 Å². The van der Waals surface area contributed by atoms with Crippen LogP contribution in [-0.2, 0) is 20.2 Å². The lowest BCUT2D eigenvalue weighted by atomic mass is 9.63. The summed E-state index contributed by atoms with van der Waals surface area (Å²) in [6, 6.07) is 25.0. The van der Waals surface area contributed by atoms with Crippen molar-refractivity contribution in [2.75, 3.05) is 0 Å². The molecule has 29 heavy (non-hydrogen) atoms. The molecule has 148 valence electrons. The number of sulfonamides is 1. The average molecular weight is 406 g/mol. The Hall–Kier alpha value is -2.92. The number of hydrogen-bond donors (Lipinski definition) is 0. The van der Waals surface area contributed by atoms with Gasteiger partial charge in [0.05, 0.1) is 10.9 Å². The molecule has 1 fully saturated rings. The Morgan fingerprint density at radius 2 is 1.41 bits per heavy atom. The molecule has 0 N–H and O–H groups in total. The standard InChI is InChI=1S/C24H23NO3S/c1-3-24(20-12-8-5-9-13-20)22(19-10-6-4-7-11-19)25(23(24)26)29(27,28)21-16-14-18(2)15-17-21/h4-17,22H,3H2,1-2H3/t22?,24-/m0/s1. The van der Waals surface area contributed by atoms with E-state index in [-0.39, 0.29) is 10.8 Å². The molecule has 1 amide bonds. The molecule has 0 radical (unpaired) electrons. The normalized spacial score (nSPS) is 21.7. The molecule has 1 aliphatic rings. The maximum Gasteiger partial charge on any atom is 0.267 e. The van der Waals surface area contributed by atoms with Crippen LogP contribution in [0.3, 0.4) is 0 Å². The Labute approximate surface area is 171 Å². The van der Waals surface area contributed by atoms with E-state index in [1.165, 1.54) is 0 Å². The van der Waals surface area contributed by atoms with Crippen LogP contribution in [0.15, 0.2) is 89.8 Å². The van der Waals surface area contributed by atoms with Crippen LogP contribution in [0.1, 0.15) is 36.1 Å². The van der Waals surface area contributed by atoms with Crippen LogP contribution in [0.5, 0.6) is 0 Å².